The lowest BCUT2D eigenvalue weighted by Crippen LogP contribution is -2.18. The van der Waals surface area contributed by atoms with Crippen LogP contribution in [0.25, 0.3) is 0 Å². The van der Waals surface area contributed by atoms with E-state index >= 15 is 0 Å². The number of hydrogen-bond acceptors (Lipinski definition) is 4. The summed E-state index contributed by atoms with van der Waals surface area (Å²) in [5.74, 6) is 0. The van der Waals surface area contributed by atoms with Crippen LogP contribution in [0, 0.1) is 0 Å². The van der Waals surface area contributed by atoms with Gasteiger partial charge in [0.25, 0.3) is 0 Å². The molecular formula is C15H17NO2S. The van der Waals surface area contributed by atoms with Crippen LogP contribution in [0.5, 0.6) is 0 Å². The van der Waals surface area contributed by atoms with E-state index in [9.17, 15) is 0 Å². The highest BCUT2D eigenvalue weighted by Gasteiger charge is 2.09. The van der Waals surface area contributed by atoms with Gasteiger partial charge in [-0.15, -0.1) is 0 Å². The molecule has 2 aromatic rings. The molecule has 0 saturated carbocycles. The maximum absolute atomic E-state index is 5.18. The van der Waals surface area contributed by atoms with Gasteiger partial charge in [0.1, 0.15) is 0 Å². The molecule has 0 radical (unpaired) electrons. The summed E-state index contributed by atoms with van der Waals surface area (Å²) in [7, 11) is 3.24. The molecule has 1 aromatic heterocycles. The summed E-state index contributed by atoms with van der Waals surface area (Å²) in [5.41, 5.74) is 3.20. The SMILES string of the molecule is COC(C/N=C(/c1ccccc1)c1ccsc1)OC. The highest BCUT2D eigenvalue weighted by atomic mass is 32.1. The normalized spacial score (nSPS) is 12.1. The Kier molecular flexibility index (Phi) is 5.27. The van der Waals surface area contributed by atoms with Crippen molar-refractivity contribution in [1.82, 2.24) is 0 Å². The Balaban J connectivity index is 2.28. The van der Waals surface area contributed by atoms with Crippen molar-refractivity contribution < 1.29 is 9.47 Å². The van der Waals surface area contributed by atoms with E-state index in [1.54, 1.807) is 25.6 Å². The highest BCUT2D eigenvalue weighted by molar-refractivity contribution is 7.08. The highest BCUT2D eigenvalue weighted by Crippen LogP contribution is 2.14. The van der Waals surface area contributed by atoms with Crippen molar-refractivity contribution in [2.75, 3.05) is 20.8 Å². The molecule has 0 aliphatic heterocycles. The van der Waals surface area contributed by atoms with Crippen molar-refractivity contribution in [3.8, 4) is 0 Å². The molecule has 0 atom stereocenters. The number of nitrogens with zero attached hydrogens (tertiary/aromatic N) is 1. The monoisotopic (exact) mass is 275 g/mol. The molecule has 0 aliphatic carbocycles. The summed E-state index contributed by atoms with van der Waals surface area (Å²) in [4.78, 5) is 4.65. The smallest absolute Gasteiger partial charge is 0.176 e. The van der Waals surface area contributed by atoms with Crippen molar-refractivity contribution in [1.29, 1.82) is 0 Å². The Morgan fingerprint density at radius 2 is 1.84 bits per heavy atom. The number of methoxy groups -OCH3 is 2. The second-order valence-electron chi connectivity index (χ2n) is 3.97. The van der Waals surface area contributed by atoms with E-state index in [2.05, 4.69) is 34.0 Å². The standard InChI is InChI=1S/C15H17NO2S/c1-17-14(18-2)10-16-15(13-8-9-19-11-13)12-6-4-3-5-7-12/h3-9,11,14H,10H2,1-2H3/b16-15-. The van der Waals surface area contributed by atoms with Crippen LogP contribution in [-0.2, 0) is 9.47 Å². The first kappa shape index (κ1) is 13.9. The molecule has 100 valence electrons. The molecule has 0 N–H and O–H groups in total. The zero-order chi connectivity index (χ0) is 13.5. The summed E-state index contributed by atoms with van der Waals surface area (Å²) < 4.78 is 10.4. The van der Waals surface area contributed by atoms with Gasteiger partial charge in [-0.25, -0.2) is 0 Å². The molecule has 0 aliphatic rings. The second-order valence-corrected chi connectivity index (χ2v) is 4.75. The fraction of sp³-hybridized carbons (Fsp3) is 0.267. The van der Waals surface area contributed by atoms with Crippen molar-refractivity contribution in [3.63, 3.8) is 0 Å². The maximum atomic E-state index is 5.18. The van der Waals surface area contributed by atoms with Crippen molar-refractivity contribution in [2.24, 2.45) is 4.99 Å². The Bertz CT molecular complexity index is 504. The number of aliphatic imine (C=N–C) groups is 1. The maximum Gasteiger partial charge on any atom is 0.176 e. The van der Waals surface area contributed by atoms with Gasteiger partial charge in [-0.05, 0) is 11.4 Å². The van der Waals surface area contributed by atoms with E-state index in [1.165, 1.54) is 0 Å². The third-order valence-electron chi connectivity index (χ3n) is 2.77. The molecular weight excluding hydrogens is 258 g/mol. The molecule has 19 heavy (non-hydrogen) atoms. The van der Waals surface area contributed by atoms with Gasteiger partial charge in [0.15, 0.2) is 6.29 Å². The first-order valence-corrected chi connectivity index (χ1v) is 6.97. The van der Waals surface area contributed by atoms with Crippen molar-refractivity contribution in [3.05, 3.63) is 58.3 Å². The topological polar surface area (TPSA) is 30.8 Å². The van der Waals surface area contributed by atoms with Crippen LogP contribution in [0.4, 0.5) is 0 Å². The predicted molar refractivity (Wildman–Crippen MR) is 79.1 cm³/mol. The van der Waals surface area contributed by atoms with E-state index in [0.717, 1.165) is 16.8 Å². The third-order valence-corrected chi connectivity index (χ3v) is 3.45. The molecule has 0 fully saturated rings. The summed E-state index contributed by atoms with van der Waals surface area (Å²) in [6.07, 6.45) is -0.308. The van der Waals surface area contributed by atoms with Gasteiger partial charge in [-0.3, -0.25) is 4.99 Å². The van der Waals surface area contributed by atoms with Gasteiger partial charge in [0.2, 0.25) is 0 Å². The first-order chi connectivity index (χ1) is 9.35. The minimum absolute atomic E-state index is 0.308. The van der Waals surface area contributed by atoms with E-state index in [1.807, 2.05) is 18.2 Å². The summed E-state index contributed by atoms with van der Waals surface area (Å²) in [6.45, 7) is 0.479. The second kappa shape index (κ2) is 7.19. The molecule has 0 amide bonds. The average molecular weight is 275 g/mol. The molecule has 1 heterocycles. The van der Waals surface area contributed by atoms with E-state index in [4.69, 9.17) is 9.47 Å². The summed E-state index contributed by atoms with van der Waals surface area (Å²) >= 11 is 1.67. The Morgan fingerprint density at radius 3 is 2.42 bits per heavy atom. The van der Waals surface area contributed by atoms with Crippen LogP contribution < -0.4 is 0 Å². The van der Waals surface area contributed by atoms with Crippen LogP contribution in [0.15, 0.2) is 52.2 Å². The van der Waals surface area contributed by atoms with Gasteiger partial charge < -0.3 is 9.47 Å². The predicted octanol–water partition coefficient (Wildman–Crippen LogP) is 3.20. The molecule has 3 nitrogen and oxygen atoms in total. The van der Waals surface area contributed by atoms with Gasteiger partial charge in [0, 0.05) is 30.7 Å². The van der Waals surface area contributed by atoms with E-state index < -0.39 is 0 Å². The van der Waals surface area contributed by atoms with Gasteiger partial charge in [-0.2, -0.15) is 11.3 Å². The third kappa shape index (κ3) is 3.73. The number of benzene rings is 1. The molecule has 0 unspecified atom stereocenters. The van der Waals surface area contributed by atoms with Crippen LogP contribution in [0.2, 0.25) is 0 Å². The lowest BCUT2D eigenvalue weighted by Gasteiger charge is -2.12. The minimum atomic E-state index is -0.308. The van der Waals surface area contributed by atoms with Crippen LogP contribution >= 0.6 is 11.3 Å². The zero-order valence-corrected chi connectivity index (χ0v) is 11.9. The van der Waals surface area contributed by atoms with E-state index in [-0.39, 0.29) is 6.29 Å². The fourth-order valence-electron chi connectivity index (χ4n) is 1.76. The van der Waals surface area contributed by atoms with Crippen molar-refractivity contribution in [2.45, 2.75) is 6.29 Å². The molecule has 0 bridgehead atoms. The zero-order valence-electron chi connectivity index (χ0n) is 11.1. The largest absolute Gasteiger partial charge is 0.354 e. The van der Waals surface area contributed by atoms with E-state index in [0.29, 0.717) is 6.54 Å². The lowest BCUT2D eigenvalue weighted by atomic mass is 10.1. The molecule has 4 heteroatoms. The quantitative estimate of drug-likeness (QED) is 0.599. The number of ether oxygens (including phenoxy) is 2. The summed E-state index contributed by atoms with van der Waals surface area (Å²) in [5, 5.41) is 4.15. The number of hydrogen-bond donors (Lipinski definition) is 0. The Hall–Kier alpha value is -1.49. The average Bonchev–Trinajstić information content (AvgIpc) is 2.99. The van der Waals surface area contributed by atoms with Crippen LogP contribution in [0.3, 0.4) is 0 Å². The minimum Gasteiger partial charge on any atom is -0.354 e. The van der Waals surface area contributed by atoms with Gasteiger partial charge in [0.05, 0.1) is 12.3 Å². The van der Waals surface area contributed by atoms with Gasteiger partial charge in [-0.1, -0.05) is 30.3 Å². The first-order valence-electron chi connectivity index (χ1n) is 6.03. The molecule has 0 saturated heterocycles. The van der Waals surface area contributed by atoms with Crippen LogP contribution in [-0.4, -0.2) is 32.8 Å². The number of thiophene rings is 1. The summed E-state index contributed by atoms with van der Waals surface area (Å²) in [6, 6.07) is 12.2. The van der Waals surface area contributed by atoms with Crippen LogP contribution in [0.1, 0.15) is 11.1 Å². The Labute approximate surface area is 117 Å². The molecule has 0 spiro atoms. The fourth-order valence-corrected chi connectivity index (χ4v) is 2.40. The van der Waals surface area contributed by atoms with Crippen molar-refractivity contribution >= 4 is 17.0 Å². The molecule has 2 rings (SSSR count). The van der Waals surface area contributed by atoms with Gasteiger partial charge >= 0.3 is 0 Å². The lowest BCUT2D eigenvalue weighted by molar-refractivity contribution is -0.0936. The number of rotatable bonds is 6. The molecule has 1 aromatic carbocycles. The Morgan fingerprint density at radius 1 is 1.11 bits per heavy atom.